The lowest BCUT2D eigenvalue weighted by Gasteiger charge is -2.10. The number of rotatable bonds is 6. The summed E-state index contributed by atoms with van der Waals surface area (Å²) in [7, 11) is 0. The van der Waals surface area contributed by atoms with Gasteiger partial charge in [-0.1, -0.05) is 0 Å². The van der Waals surface area contributed by atoms with Gasteiger partial charge in [-0.3, -0.25) is 9.59 Å². The number of amides is 2. The van der Waals surface area contributed by atoms with Gasteiger partial charge in [-0.05, 0) is 68.4 Å². The molecule has 0 aliphatic heterocycles. The minimum atomic E-state index is -0.471. The molecule has 2 amide bonds. The molecule has 2 aliphatic carbocycles. The lowest BCUT2D eigenvalue weighted by molar-refractivity contribution is 0.0940. The maximum atomic E-state index is 14.3. The fraction of sp³-hybridized carbons (Fsp3) is 0.400. The van der Waals surface area contributed by atoms with E-state index in [9.17, 15) is 14.0 Å². The zero-order valence-electron chi connectivity index (χ0n) is 15.1. The van der Waals surface area contributed by atoms with Crippen molar-refractivity contribution in [1.82, 2.24) is 20.8 Å². The van der Waals surface area contributed by atoms with Gasteiger partial charge in [0.1, 0.15) is 5.82 Å². The van der Waals surface area contributed by atoms with Crippen molar-refractivity contribution in [2.45, 2.75) is 38.6 Å². The largest absolute Gasteiger partial charge is 0.350 e. The molecule has 1 aromatic heterocycles. The van der Waals surface area contributed by atoms with E-state index in [1.807, 2.05) is 0 Å². The Hall–Kier alpha value is -2.83. The Kier molecular flexibility index (Phi) is 4.59. The van der Waals surface area contributed by atoms with Crippen LogP contribution in [0, 0.1) is 18.7 Å². The number of carbonyl (C=O) groups is 2. The Balaban J connectivity index is 1.55. The number of hydrogen-bond donors (Lipinski definition) is 2. The number of nitrogens with one attached hydrogen (secondary N) is 2. The molecular formula is C20H21FN4O2. The molecule has 0 atom stereocenters. The summed E-state index contributed by atoms with van der Waals surface area (Å²) in [6.07, 6.45) is 4.23. The molecule has 140 valence electrons. The van der Waals surface area contributed by atoms with Crippen molar-refractivity contribution in [2.24, 2.45) is 5.92 Å². The third-order valence-electron chi connectivity index (χ3n) is 4.94. The zero-order valence-corrected chi connectivity index (χ0v) is 15.1. The lowest BCUT2D eigenvalue weighted by Crippen LogP contribution is -2.26. The Morgan fingerprint density at radius 1 is 1.11 bits per heavy atom. The molecule has 2 fully saturated rings. The maximum absolute atomic E-state index is 14.3. The second-order valence-electron chi connectivity index (χ2n) is 7.34. The van der Waals surface area contributed by atoms with Crippen LogP contribution in [0.1, 0.15) is 52.1 Å². The Morgan fingerprint density at radius 2 is 1.89 bits per heavy atom. The van der Waals surface area contributed by atoms with Crippen molar-refractivity contribution < 1.29 is 14.0 Å². The normalized spacial score (nSPS) is 16.1. The van der Waals surface area contributed by atoms with E-state index in [1.54, 1.807) is 25.1 Å². The minimum absolute atomic E-state index is 0.193. The van der Waals surface area contributed by atoms with Crippen molar-refractivity contribution in [3.05, 3.63) is 46.9 Å². The van der Waals surface area contributed by atoms with Crippen LogP contribution < -0.4 is 10.6 Å². The predicted molar refractivity (Wildman–Crippen MR) is 97.7 cm³/mol. The first kappa shape index (κ1) is 17.6. The summed E-state index contributed by atoms with van der Waals surface area (Å²) in [6, 6.07) is 6.25. The second kappa shape index (κ2) is 7.06. The van der Waals surface area contributed by atoms with E-state index >= 15 is 0 Å². The molecule has 2 aromatic rings. The average Bonchev–Trinajstić information content (AvgIpc) is 3.57. The van der Waals surface area contributed by atoms with Gasteiger partial charge < -0.3 is 10.6 Å². The molecule has 7 heteroatoms. The topological polar surface area (TPSA) is 84.0 Å². The van der Waals surface area contributed by atoms with E-state index in [-0.39, 0.29) is 29.1 Å². The van der Waals surface area contributed by atoms with Crippen LogP contribution in [0.4, 0.5) is 4.39 Å². The highest BCUT2D eigenvalue weighted by atomic mass is 19.1. The monoisotopic (exact) mass is 368 g/mol. The lowest BCUT2D eigenvalue weighted by atomic mass is 10.0. The van der Waals surface area contributed by atoms with E-state index in [0.29, 0.717) is 29.3 Å². The summed E-state index contributed by atoms with van der Waals surface area (Å²) < 4.78 is 14.3. The molecule has 2 N–H and O–H groups in total. The van der Waals surface area contributed by atoms with E-state index in [4.69, 9.17) is 0 Å². The number of nitrogens with zero attached hydrogens (tertiary/aromatic N) is 2. The van der Waals surface area contributed by atoms with Crippen molar-refractivity contribution in [1.29, 1.82) is 0 Å². The van der Waals surface area contributed by atoms with Crippen LogP contribution in [0.15, 0.2) is 24.3 Å². The first-order valence-electron chi connectivity index (χ1n) is 9.24. The van der Waals surface area contributed by atoms with Gasteiger partial charge in [0, 0.05) is 23.7 Å². The van der Waals surface area contributed by atoms with Gasteiger partial charge in [0.25, 0.3) is 11.8 Å². The van der Waals surface area contributed by atoms with Crippen LogP contribution in [-0.2, 0) is 0 Å². The smallest absolute Gasteiger partial charge is 0.271 e. The number of carbonyl (C=O) groups excluding carboxylic acids is 2. The zero-order chi connectivity index (χ0) is 19.0. The van der Waals surface area contributed by atoms with Gasteiger partial charge in [0.05, 0.1) is 5.69 Å². The first-order chi connectivity index (χ1) is 13.0. The molecule has 2 aliphatic rings. The molecule has 1 aromatic carbocycles. The number of hydrogen-bond acceptors (Lipinski definition) is 4. The summed E-state index contributed by atoms with van der Waals surface area (Å²) in [5.41, 5.74) is 1.78. The molecule has 1 heterocycles. The van der Waals surface area contributed by atoms with Crippen molar-refractivity contribution in [3.63, 3.8) is 0 Å². The van der Waals surface area contributed by atoms with Crippen molar-refractivity contribution in [2.75, 3.05) is 6.54 Å². The highest BCUT2D eigenvalue weighted by molar-refractivity contribution is 5.96. The van der Waals surface area contributed by atoms with Gasteiger partial charge in [-0.25, -0.2) is 4.39 Å². The van der Waals surface area contributed by atoms with Gasteiger partial charge in [-0.15, -0.1) is 10.2 Å². The van der Waals surface area contributed by atoms with Crippen LogP contribution in [0.25, 0.3) is 11.3 Å². The molecule has 0 spiro atoms. The second-order valence-corrected chi connectivity index (χ2v) is 7.34. The fourth-order valence-electron chi connectivity index (χ4n) is 2.82. The van der Waals surface area contributed by atoms with Gasteiger partial charge in [0.15, 0.2) is 5.69 Å². The Labute approximate surface area is 156 Å². The van der Waals surface area contributed by atoms with Crippen LogP contribution in [-0.4, -0.2) is 34.6 Å². The van der Waals surface area contributed by atoms with Crippen LogP contribution in [0.3, 0.4) is 0 Å². The SMILES string of the molecule is Cc1c(F)cc(C(=O)NC2CC2)cc1-c1ccc(C(=O)NCC2CC2)nn1. The highest BCUT2D eigenvalue weighted by Crippen LogP contribution is 2.28. The summed E-state index contributed by atoms with van der Waals surface area (Å²) in [5, 5.41) is 13.7. The van der Waals surface area contributed by atoms with Gasteiger partial charge in [0.2, 0.25) is 0 Å². The molecule has 0 radical (unpaired) electrons. The van der Waals surface area contributed by atoms with E-state index in [1.165, 1.54) is 6.07 Å². The van der Waals surface area contributed by atoms with Crippen LogP contribution in [0.2, 0.25) is 0 Å². The third kappa shape index (κ3) is 4.13. The number of halogens is 1. The maximum Gasteiger partial charge on any atom is 0.271 e. The molecule has 0 bridgehead atoms. The standard InChI is InChI=1S/C20H21FN4O2/c1-11-15(8-13(9-16(11)21)19(26)23-14-4-5-14)17-6-7-18(25-24-17)20(27)22-10-12-2-3-12/h6-9,12,14H,2-5,10H2,1H3,(H,22,27)(H,23,26). The molecule has 0 unspecified atom stereocenters. The summed E-state index contributed by atoms with van der Waals surface area (Å²) >= 11 is 0. The van der Waals surface area contributed by atoms with Crippen LogP contribution >= 0.6 is 0 Å². The molecular weight excluding hydrogens is 347 g/mol. The molecule has 6 nitrogen and oxygen atoms in total. The van der Waals surface area contributed by atoms with Gasteiger partial charge >= 0.3 is 0 Å². The Morgan fingerprint density at radius 3 is 2.52 bits per heavy atom. The molecule has 4 rings (SSSR count). The van der Waals surface area contributed by atoms with E-state index in [2.05, 4.69) is 20.8 Å². The summed E-state index contributed by atoms with van der Waals surface area (Å²) in [4.78, 5) is 24.3. The molecule has 2 saturated carbocycles. The minimum Gasteiger partial charge on any atom is -0.350 e. The van der Waals surface area contributed by atoms with E-state index < -0.39 is 5.82 Å². The fourth-order valence-corrected chi connectivity index (χ4v) is 2.82. The first-order valence-corrected chi connectivity index (χ1v) is 9.24. The quantitative estimate of drug-likeness (QED) is 0.821. The van der Waals surface area contributed by atoms with Crippen molar-refractivity contribution in [3.8, 4) is 11.3 Å². The number of benzene rings is 1. The van der Waals surface area contributed by atoms with Gasteiger partial charge in [-0.2, -0.15) is 0 Å². The van der Waals surface area contributed by atoms with E-state index in [0.717, 1.165) is 25.7 Å². The Bertz CT molecular complexity index is 890. The summed E-state index contributed by atoms with van der Waals surface area (Å²) in [5.74, 6) is -0.444. The molecule has 27 heavy (non-hydrogen) atoms. The average molecular weight is 368 g/mol. The van der Waals surface area contributed by atoms with Crippen LogP contribution in [0.5, 0.6) is 0 Å². The molecule has 0 saturated heterocycles. The van der Waals surface area contributed by atoms with Crippen molar-refractivity contribution >= 4 is 11.8 Å². The number of aromatic nitrogens is 2. The third-order valence-corrected chi connectivity index (χ3v) is 4.94. The summed E-state index contributed by atoms with van der Waals surface area (Å²) in [6.45, 7) is 2.29. The predicted octanol–water partition coefficient (Wildman–Crippen LogP) is 2.62. The highest BCUT2D eigenvalue weighted by Gasteiger charge is 2.25.